The molecule has 7 aliphatic rings. The molecule has 4 saturated carbocycles. The minimum atomic E-state index is -1.74. The predicted octanol–water partition coefficient (Wildman–Crippen LogP) is 1.39. The molecule has 0 bridgehead atoms. The molecule has 2 heterocycles. The summed E-state index contributed by atoms with van der Waals surface area (Å²) < 4.78 is 30.6. The molecule has 0 aromatic carbocycles. The van der Waals surface area contributed by atoms with Crippen LogP contribution in [0.5, 0.6) is 0 Å². The zero-order valence-electron chi connectivity index (χ0n) is 35.2. The van der Waals surface area contributed by atoms with E-state index in [1.165, 1.54) is 5.57 Å². The molecule has 6 fully saturated rings. The number of rotatable bonds is 8. The smallest absolute Gasteiger partial charge is 0.187 e. The minimum Gasteiger partial charge on any atom is -0.396 e. The van der Waals surface area contributed by atoms with Crippen molar-refractivity contribution < 1.29 is 69.6 Å². The van der Waals surface area contributed by atoms with Crippen LogP contribution >= 0.6 is 0 Å². The van der Waals surface area contributed by atoms with Gasteiger partial charge in [0.05, 0.1) is 44.2 Å². The molecule has 0 radical (unpaired) electrons. The summed E-state index contributed by atoms with van der Waals surface area (Å²) >= 11 is 0. The maximum Gasteiger partial charge on any atom is 0.187 e. The summed E-state index contributed by atoms with van der Waals surface area (Å²) in [6.45, 7) is 14.4. The summed E-state index contributed by atoms with van der Waals surface area (Å²) in [6, 6.07) is 0. The van der Waals surface area contributed by atoms with Crippen LogP contribution in [0.15, 0.2) is 11.6 Å². The average molecular weight is 813 g/mol. The lowest BCUT2D eigenvalue weighted by Gasteiger charge is -2.73. The fourth-order valence-corrected chi connectivity index (χ4v) is 14.0. The number of methoxy groups -OCH3 is 1. The van der Waals surface area contributed by atoms with Crippen molar-refractivity contribution in [3.63, 3.8) is 0 Å². The van der Waals surface area contributed by atoms with Crippen LogP contribution in [0, 0.1) is 50.2 Å². The zero-order valence-corrected chi connectivity index (χ0v) is 35.2. The minimum absolute atomic E-state index is 0.0303. The van der Waals surface area contributed by atoms with Crippen molar-refractivity contribution >= 4 is 0 Å². The third kappa shape index (κ3) is 6.48. The van der Waals surface area contributed by atoms with Crippen LogP contribution in [-0.2, 0) is 23.7 Å². The zero-order chi connectivity index (χ0) is 41.8. The second kappa shape index (κ2) is 15.2. The van der Waals surface area contributed by atoms with E-state index >= 15 is 0 Å². The second-order valence-corrected chi connectivity index (χ2v) is 21.0. The Morgan fingerprint density at radius 3 is 2.05 bits per heavy atom. The maximum atomic E-state index is 12.1. The van der Waals surface area contributed by atoms with Gasteiger partial charge in [0.25, 0.3) is 0 Å². The van der Waals surface area contributed by atoms with Crippen molar-refractivity contribution in [3.8, 4) is 0 Å². The van der Waals surface area contributed by atoms with Gasteiger partial charge in [0.15, 0.2) is 12.6 Å². The van der Waals surface area contributed by atoms with Gasteiger partial charge in [0.1, 0.15) is 42.7 Å². The molecule has 14 heteroatoms. The Kier molecular flexibility index (Phi) is 11.8. The Balaban J connectivity index is 1.17. The van der Waals surface area contributed by atoms with E-state index < -0.39 is 91.1 Å². The summed E-state index contributed by atoms with van der Waals surface area (Å²) in [5, 5.41) is 98.1. The fraction of sp³-hybridized carbons (Fsp3) is 0.953. The molecule has 0 spiro atoms. The van der Waals surface area contributed by atoms with Crippen LogP contribution in [0.1, 0.15) is 99.8 Å². The highest BCUT2D eigenvalue weighted by Gasteiger charge is 2.72. The lowest BCUT2D eigenvalue weighted by atomic mass is 9.32. The number of hydrogen-bond donors (Lipinski definition) is 9. The molecule has 0 unspecified atom stereocenters. The van der Waals surface area contributed by atoms with Crippen molar-refractivity contribution in [2.45, 2.75) is 180 Å². The maximum absolute atomic E-state index is 12.1. The Morgan fingerprint density at radius 1 is 0.737 bits per heavy atom. The van der Waals surface area contributed by atoms with E-state index in [9.17, 15) is 46.0 Å². The SMILES string of the molecule is CO[C@@H]1C=C2[C@@H]3CC(C)(C)CC[C@]3(CO)[C@@H](O)C[C@@]2(C)[C@]2(C)CC[C@@H]3[C@](C)(CO)[C@@H](O[C@@H]4O[C@H](C)[C@H](O)[C@H](O[C@@H]5O[C@H](CO)[C@@H](O)[C@H](O)[C@H]5O)[C@H]4O)CC[C@]3(C)[C@@H]12. The van der Waals surface area contributed by atoms with Gasteiger partial charge < -0.3 is 69.6 Å². The van der Waals surface area contributed by atoms with E-state index in [2.05, 4.69) is 40.7 Å². The van der Waals surface area contributed by atoms with Crippen LogP contribution in [0.4, 0.5) is 0 Å². The molecule has 9 N–H and O–H groups in total. The Hall–Kier alpha value is -0.820. The van der Waals surface area contributed by atoms with Gasteiger partial charge in [0, 0.05) is 23.9 Å². The van der Waals surface area contributed by atoms with Crippen molar-refractivity contribution in [1.29, 1.82) is 0 Å². The molecule has 2 saturated heterocycles. The van der Waals surface area contributed by atoms with Gasteiger partial charge in [-0.05, 0) is 91.8 Å². The summed E-state index contributed by atoms with van der Waals surface area (Å²) in [6.07, 6.45) is -7.49. The summed E-state index contributed by atoms with van der Waals surface area (Å²) in [5.74, 6) is 0.0264. The number of fused-ring (bicyclic) bond motifs is 7. The second-order valence-electron chi connectivity index (χ2n) is 21.0. The van der Waals surface area contributed by atoms with Gasteiger partial charge >= 0.3 is 0 Å². The standard InChI is InChI=1S/C43H72O14/c1-21-29(48)34(57-36-32(51)31(50)30(49)25(18-44)55-36)33(52)37(54-21)56-28-10-11-39(4)26(40(28,5)19-45)9-12-41(6)35(39)24(53-8)15-22-23-16-38(2,3)13-14-43(23,20-46)27(47)17-42(22,41)7/h15,21,23-37,44-52H,9-14,16-20H2,1-8H3/t21-,23+,24-,25-,26+,27+,28+,29+,30-,31+,32-,33-,34+,35-,36+,37+,39+,40+,41-,42-,43-/m1/s1. The highest BCUT2D eigenvalue weighted by molar-refractivity contribution is 5.37. The molecule has 0 aromatic rings. The Bertz CT molecular complexity index is 1490. The molecule has 5 aliphatic carbocycles. The van der Waals surface area contributed by atoms with Gasteiger partial charge in [0.2, 0.25) is 0 Å². The Labute approximate surface area is 337 Å². The van der Waals surface area contributed by atoms with Gasteiger partial charge in [-0.3, -0.25) is 0 Å². The molecular weight excluding hydrogens is 740 g/mol. The first-order valence-electron chi connectivity index (χ1n) is 21.4. The van der Waals surface area contributed by atoms with Crippen molar-refractivity contribution in [3.05, 3.63) is 11.6 Å². The third-order valence-electron chi connectivity index (χ3n) is 17.7. The normalized spacial score (nSPS) is 56.1. The van der Waals surface area contributed by atoms with Gasteiger partial charge in [-0.25, -0.2) is 0 Å². The van der Waals surface area contributed by atoms with Crippen LogP contribution < -0.4 is 0 Å². The number of aliphatic hydroxyl groups excluding tert-OH is 9. The summed E-state index contributed by atoms with van der Waals surface area (Å²) in [5.41, 5.74) is -0.934. The van der Waals surface area contributed by atoms with Crippen LogP contribution in [0.2, 0.25) is 0 Å². The lowest BCUT2D eigenvalue weighted by molar-refractivity contribution is -0.368. The number of ether oxygens (including phenoxy) is 5. The van der Waals surface area contributed by atoms with Crippen molar-refractivity contribution in [1.82, 2.24) is 0 Å². The molecular formula is C43H72O14. The summed E-state index contributed by atoms with van der Waals surface area (Å²) in [4.78, 5) is 0. The van der Waals surface area contributed by atoms with E-state index in [0.717, 1.165) is 38.5 Å². The first-order valence-corrected chi connectivity index (χ1v) is 21.4. The third-order valence-corrected chi connectivity index (χ3v) is 17.7. The lowest BCUT2D eigenvalue weighted by Crippen LogP contribution is -2.70. The van der Waals surface area contributed by atoms with Gasteiger partial charge in [-0.1, -0.05) is 53.2 Å². The fourth-order valence-electron chi connectivity index (χ4n) is 14.0. The first kappa shape index (κ1) is 44.2. The van der Waals surface area contributed by atoms with E-state index in [0.29, 0.717) is 12.8 Å². The average Bonchev–Trinajstić information content (AvgIpc) is 3.16. The molecule has 14 nitrogen and oxygen atoms in total. The first-order chi connectivity index (χ1) is 26.6. The quantitative estimate of drug-likeness (QED) is 0.125. The van der Waals surface area contributed by atoms with E-state index in [1.807, 2.05) is 6.92 Å². The van der Waals surface area contributed by atoms with Crippen LogP contribution in [0.25, 0.3) is 0 Å². The van der Waals surface area contributed by atoms with Crippen LogP contribution in [-0.4, -0.2) is 153 Å². The molecule has 2 aliphatic heterocycles. The topological polar surface area (TPSA) is 228 Å². The van der Waals surface area contributed by atoms with Gasteiger partial charge in [-0.15, -0.1) is 0 Å². The molecule has 7 rings (SSSR count). The molecule has 21 atom stereocenters. The number of allylic oxidation sites excluding steroid dienone is 1. The molecule has 0 amide bonds. The monoisotopic (exact) mass is 812 g/mol. The van der Waals surface area contributed by atoms with Gasteiger partial charge in [-0.2, -0.15) is 0 Å². The molecule has 0 aromatic heterocycles. The highest BCUT2D eigenvalue weighted by Crippen LogP contribution is 2.76. The van der Waals surface area contributed by atoms with Crippen molar-refractivity contribution in [2.24, 2.45) is 50.2 Å². The predicted molar refractivity (Wildman–Crippen MR) is 205 cm³/mol. The van der Waals surface area contributed by atoms with Crippen LogP contribution in [0.3, 0.4) is 0 Å². The number of aliphatic hydroxyl groups is 9. The number of hydrogen-bond acceptors (Lipinski definition) is 14. The molecule has 57 heavy (non-hydrogen) atoms. The van der Waals surface area contributed by atoms with E-state index in [4.69, 9.17) is 23.7 Å². The van der Waals surface area contributed by atoms with Crippen molar-refractivity contribution in [2.75, 3.05) is 26.9 Å². The largest absolute Gasteiger partial charge is 0.396 e. The van der Waals surface area contributed by atoms with E-state index in [-0.39, 0.29) is 58.7 Å². The Morgan fingerprint density at radius 2 is 1.42 bits per heavy atom. The summed E-state index contributed by atoms with van der Waals surface area (Å²) in [7, 11) is 1.78. The highest BCUT2D eigenvalue weighted by atomic mass is 16.7. The molecule has 328 valence electrons. The van der Waals surface area contributed by atoms with E-state index in [1.54, 1.807) is 14.0 Å².